The van der Waals surface area contributed by atoms with Crippen LogP contribution in [0.2, 0.25) is 0 Å². The molecule has 0 fully saturated rings. The number of imidazole rings is 1. The molecule has 0 bridgehead atoms. The Balaban J connectivity index is 2.81. The third-order valence-corrected chi connectivity index (χ3v) is 3.80. The maximum Gasteiger partial charge on any atom is 0.461 e. The van der Waals surface area contributed by atoms with Gasteiger partial charge in [0, 0.05) is 6.54 Å². The minimum Gasteiger partial charge on any atom is -0.331 e. The van der Waals surface area contributed by atoms with Crippen LogP contribution in [0.4, 0.5) is 22.0 Å². The summed E-state index contributed by atoms with van der Waals surface area (Å²) in [5, 5.41) is 15.6. The summed E-state index contributed by atoms with van der Waals surface area (Å²) in [6.07, 6.45) is -3.88. The number of aromatic nitrogens is 4. The van der Waals surface area contributed by atoms with Gasteiger partial charge in [-0.3, -0.25) is 20.2 Å². The van der Waals surface area contributed by atoms with E-state index in [9.17, 15) is 26.7 Å². The molecule has 0 saturated heterocycles. The van der Waals surface area contributed by atoms with Crippen molar-refractivity contribution < 1.29 is 22.0 Å². The van der Waals surface area contributed by atoms with Gasteiger partial charge in [0.25, 0.3) is 5.56 Å². The summed E-state index contributed by atoms with van der Waals surface area (Å²) in [5.41, 5.74) is -2.67. The number of nitrogens with one attached hydrogen (secondary N) is 3. The van der Waals surface area contributed by atoms with E-state index in [1.807, 2.05) is 6.92 Å². The van der Waals surface area contributed by atoms with Gasteiger partial charge in [0.15, 0.2) is 17.0 Å². The summed E-state index contributed by atoms with van der Waals surface area (Å²) >= 11 is 0. The second-order valence-electron chi connectivity index (χ2n) is 5.76. The lowest BCUT2D eigenvalue weighted by molar-refractivity contribution is -0.292. The third-order valence-electron chi connectivity index (χ3n) is 3.80. The monoisotopic (exact) mass is 380 g/mol. The molecule has 0 amide bonds. The summed E-state index contributed by atoms with van der Waals surface area (Å²) in [5.74, 6) is -7.38. The van der Waals surface area contributed by atoms with Crippen molar-refractivity contribution in [2.24, 2.45) is 0 Å². The lowest BCUT2D eigenvalue weighted by Crippen LogP contribution is -2.43. The molecule has 0 spiro atoms. The average molecular weight is 380 g/mol. The summed E-state index contributed by atoms with van der Waals surface area (Å²) in [6.45, 7) is 3.18. The van der Waals surface area contributed by atoms with E-state index in [1.165, 1.54) is 6.92 Å². The first-order valence-corrected chi connectivity index (χ1v) is 7.74. The molecule has 2 aromatic rings. The Kier molecular flexibility index (Phi) is 5.06. The van der Waals surface area contributed by atoms with E-state index in [-0.39, 0.29) is 12.4 Å². The Labute approximate surface area is 143 Å². The number of aryl methyl sites for hydroxylation is 1. The summed E-state index contributed by atoms with van der Waals surface area (Å²) in [6, 6.07) is 0. The highest BCUT2D eigenvalue weighted by atomic mass is 19.4. The molecule has 0 atom stereocenters. The van der Waals surface area contributed by atoms with Crippen LogP contribution in [-0.2, 0) is 12.5 Å². The van der Waals surface area contributed by atoms with Crippen molar-refractivity contribution in [2.75, 3.05) is 0 Å². The normalized spacial score (nSPS) is 12.7. The van der Waals surface area contributed by atoms with E-state index in [1.54, 1.807) is 4.98 Å². The Morgan fingerprint density at radius 3 is 2.35 bits per heavy atom. The van der Waals surface area contributed by atoms with Gasteiger partial charge in [-0.2, -0.15) is 22.0 Å². The molecular formula is C14H17F5N6O. The first kappa shape index (κ1) is 19.8. The van der Waals surface area contributed by atoms with Gasteiger partial charge in [-0.25, -0.2) is 9.55 Å². The fourth-order valence-corrected chi connectivity index (χ4v) is 2.46. The van der Waals surface area contributed by atoms with Crippen molar-refractivity contribution >= 4 is 17.0 Å². The maximum absolute atomic E-state index is 13.6. The predicted molar refractivity (Wildman–Crippen MR) is 82.5 cm³/mol. The Hall–Kier alpha value is -2.53. The van der Waals surface area contributed by atoms with Crippen LogP contribution in [-0.4, -0.2) is 31.1 Å². The number of nitrogens with zero attached hydrogens (tertiary/aromatic N) is 3. The van der Waals surface area contributed by atoms with E-state index in [4.69, 9.17) is 10.8 Å². The highest BCUT2D eigenvalue weighted by Crippen LogP contribution is 2.42. The standard InChI is InChI=1S/C14H17F5N6O/c1-3-4-5-6-24-9-8(10(26)25(7(2)20)12(24)21)22-11(23-9)13(15,16)14(17,18)19/h20-21H,3-6H2,1-2H3,(H,22,23). The van der Waals surface area contributed by atoms with Crippen LogP contribution in [0.15, 0.2) is 4.79 Å². The lowest BCUT2D eigenvalue weighted by atomic mass is 10.2. The van der Waals surface area contributed by atoms with Gasteiger partial charge in [0.1, 0.15) is 5.84 Å². The van der Waals surface area contributed by atoms with E-state index in [0.717, 1.165) is 11.0 Å². The first-order valence-electron chi connectivity index (χ1n) is 7.74. The highest BCUT2D eigenvalue weighted by molar-refractivity contribution is 5.81. The third kappa shape index (κ3) is 3.15. The molecule has 0 aliphatic rings. The fourth-order valence-electron chi connectivity index (χ4n) is 2.46. The molecule has 0 saturated carbocycles. The molecule has 144 valence electrons. The molecule has 12 heteroatoms. The SMILES string of the molecule is CCCCCn1c(=N)n(C(C)=N)c(=O)c2[nH]c(C(F)(F)C(F)(F)F)nc21. The fraction of sp³-hybridized carbons (Fsp3) is 0.571. The summed E-state index contributed by atoms with van der Waals surface area (Å²) in [4.78, 5) is 17.4. The molecule has 0 aliphatic carbocycles. The maximum atomic E-state index is 13.6. The van der Waals surface area contributed by atoms with E-state index < -0.39 is 40.3 Å². The molecule has 26 heavy (non-hydrogen) atoms. The van der Waals surface area contributed by atoms with Crippen molar-refractivity contribution in [2.45, 2.75) is 51.8 Å². The number of H-pyrrole nitrogens is 1. The van der Waals surface area contributed by atoms with Crippen molar-refractivity contribution in [1.82, 2.24) is 19.1 Å². The first-order chi connectivity index (χ1) is 11.9. The number of hydrogen-bond acceptors (Lipinski definition) is 4. The van der Waals surface area contributed by atoms with Crippen LogP contribution in [0.3, 0.4) is 0 Å². The summed E-state index contributed by atoms with van der Waals surface area (Å²) in [7, 11) is 0. The largest absolute Gasteiger partial charge is 0.461 e. The average Bonchev–Trinajstić information content (AvgIpc) is 2.95. The second kappa shape index (κ2) is 6.65. The molecule has 2 rings (SSSR count). The Morgan fingerprint density at radius 1 is 1.23 bits per heavy atom. The molecule has 0 aromatic carbocycles. The van der Waals surface area contributed by atoms with Crippen molar-refractivity contribution in [1.29, 1.82) is 10.8 Å². The van der Waals surface area contributed by atoms with Gasteiger partial charge in [0.2, 0.25) is 5.62 Å². The number of unbranched alkanes of at least 4 members (excludes halogenated alkanes) is 2. The van der Waals surface area contributed by atoms with E-state index >= 15 is 0 Å². The minimum absolute atomic E-state index is 0.0820. The van der Waals surface area contributed by atoms with Crippen molar-refractivity contribution in [3.63, 3.8) is 0 Å². The van der Waals surface area contributed by atoms with Gasteiger partial charge in [-0.1, -0.05) is 19.8 Å². The van der Waals surface area contributed by atoms with Crippen LogP contribution in [0.5, 0.6) is 0 Å². The Bertz CT molecular complexity index is 952. The van der Waals surface area contributed by atoms with Crippen LogP contribution in [0.25, 0.3) is 11.2 Å². The van der Waals surface area contributed by atoms with Gasteiger partial charge in [-0.15, -0.1) is 0 Å². The van der Waals surface area contributed by atoms with Gasteiger partial charge in [0.05, 0.1) is 0 Å². The second-order valence-corrected chi connectivity index (χ2v) is 5.76. The number of rotatable bonds is 5. The van der Waals surface area contributed by atoms with Gasteiger partial charge in [-0.05, 0) is 13.3 Å². The highest BCUT2D eigenvalue weighted by Gasteiger charge is 2.61. The summed E-state index contributed by atoms with van der Waals surface area (Å²) < 4.78 is 66.7. The number of halogens is 5. The molecule has 0 radical (unpaired) electrons. The molecule has 0 aliphatic heterocycles. The molecule has 2 aromatic heterocycles. The quantitative estimate of drug-likeness (QED) is 0.321. The molecule has 3 N–H and O–H groups in total. The zero-order chi connectivity index (χ0) is 19.9. The minimum atomic E-state index is -5.89. The van der Waals surface area contributed by atoms with Crippen LogP contribution in [0.1, 0.15) is 38.9 Å². The smallest absolute Gasteiger partial charge is 0.331 e. The van der Waals surface area contributed by atoms with Crippen LogP contribution >= 0.6 is 0 Å². The number of alkyl halides is 5. The molecule has 0 unspecified atom stereocenters. The molecule has 2 heterocycles. The zero-order valence-corrected chi connectivity index (χ0v) is 14.0. The van der Waals surface area contributed by atoms with Crippen LogP contribution in [0, 0.1) is 10.8 Å². The number of fused-ring (bicyclic) bond motifs is 1. The van der Waals surface area contributed by atoms with Gasteiger partial charge >= 0.3 is 12.1 Å². The number of hydrogen-bond donors (Lipinski definition) is 3. The zero-order valence-electron chi connectivity index (χ0n) is 14.0. The molecular weight excluding hydrogens is 363 g/mol. The predicted octanol–water partition coefficient (Wildman–Crippen LogP) is 2.70. The van der Waals surface area contributed by atoms with Crippen molar-refractivity contribution in [3.05, 3.63) is 21.8 Å². The lowest BCUT2D eigenvalue weighted by Gasteiger charge is -2.16. The Morgan fingerprint density at radius 2 is 1.85 bits per heavy atom. The topological polar surface area (TPSA) is 103 Å². The van der Waals surface area contributed by atoms with E-state index in [2.05, 4.69) is 4.98 Å². The van der Waals surface area contributed by atoms with Crippen LogP contribution < -0.4 is 11.2 Å². The number of aromatic amines is 1. The van der Waals surface area contributed by atoms with Gasteiger partial charge < -0.3 is 4.98 Å². The molecule has 7 nitrogen and oxygen atoms in total. The van der Waals surface area contributed by atoms with E-state index in [0.29, 0.717) is 17.4 Å². The van der Waals surface area contributed by atoms with Crippen molar-refractivity contribution in [3.8, 4) is 0 Å².